The van der Waals surface area contributed by atoms with Gasteiger partial charge in [0.2, 0.25) is 5.88 Å². The monoisotopic (exact) mass is 249 g/mol. The van der Waals surface area contributed by atoms with Gasteiger partial charge in [0, 0.05) is 6.21 Å². The third-order valence-corrected chi connectivity index (χ3v) is 2.11. The van der Waals surface area contributed by atoms with Crippen molar-refractivity contribution < 1.29 is 9.50 Å². The van der Waals surface area contributed by atoms with Gasteiger partial charge in [0.25, 0.3) is 5.56 Å². The number of hydrogen-bond acceptors (Lipinski definition) is 4. The first-order valence-electron chi connectivity index (χ1n) is 4.91. The van der Waals surface area contributed by atoms with E-state index >= 15 is 0 Å². The number of aromatic hydroxyl groups is 1. The zero-order valence-corrected chi connectivity index (χ0v) is 8.98. The smallest absolute Gasteiger partial charge is 0.328 e. The molecule has 0 saturated carbocycles. The minimum Gasteiger partial charge on any atom is -0.494 e. The lowest BCUT2D eigenvalue weighted by Gasteiger charge is -1.96. The Labute approximate surface area is 99.5 Å². The second kappa shape index (κ2) is 4.66. The van der Waals surface area contributed by atoms with Crippen LogP contribution in [0, 0.1) is 5.82 Å². The fraction of sp³-hybridized carbons (Fsp3) is 0. The third-order valence-electron chi connectivity index (χ3n) is 2.11. The zero-order chi connectivity index (χ0) is 13.1. The lowest BCUT2D eigenvalue weighted by Crippen LogP contribution is -2.24. The summed E-state index contributed by atoms with van der Waals surface area (Å²) < 4.78 is 12.9. The highest BCUT2D eigenvalue weighted by atomic mass is 19.1. The van der Waals surface area contributed by atoms with Gasteiger partial charge in [-0.1, -0.05) is 6.07 Å². The summed E-state index contributed by atoms with van der Waals surface area (Å²) in [4.78, 5) is 29.9. The highest BCUT2D eigenvalue weighted by Crippen LogP contribution is 2.13. The van der Waals surface area contributed by atoms with Gasteiger partial charge < -0.3 is 5.11 Å². The first-order valence-corrected chi connectivity index (χ1v) is 4.91. The van der Waals surface area contributed by atoms with Crippen molar-refractivity contribution in [3.63, 3.8) is 0 Å². The predicted octanol–water partition coefficient (Wildman–Crippen LogP) is 0.658. The van der Waals surface area contributed by atoms with Crippen molar-refractivity contribution in [1.82, 2.24) is 9.97 Å². The van der Waals surface area contributed by atoms with E-state index in [2.05, 4.69) is 4.99 Å². The van der Waals surface area contributed by atoms with Gasteiger partial charge in [0.15, 0.2) is 0 Å². The summed E-state index contributed by atoms with van der Waals surface area (Å²) in [5.41, 5.74) is -1.53. The molecular weight excluding hydrogens is 241 g/mol. The van der Waals surface area contributed by atoms with Crippen LogP contribution in [0.5, 0.6) is 5.88 Å². The van der Waals surface area contributed by atoms with Crippen molar-refractivity contribution in [3.8, 4) is 5.88 Å². The van der Waals surface area contributed by atoms with Crippen molar-refractivity contribution in [3.05, 3.63) is 56.5 Å². The molecule has 1 heterocycles. The van der Waals surface area contributed by atoms with Gasteiger partial charge in [0.05, 0.1) is 5.69 Å². The number of rotatable bonds is 2. The van der Waals surface area contributed by atoms with Gasteiger partial charge in [-0.2, -0.15) is 0 Å². The van der Waals surface area contributed by atoms with Crippen LogP contribution in [0.1, 0.15) is 5.56 Å². The molecule has 0 aliphatic carbocycles. The summed E-state index contributed by atoms with van der Waals surface area (Å²) in [5.74, 6) is -1.06. The summed E-state index contributed by atoms with van der Waals surface area (Å²) in [7, 11) is 0. The van der Waals surface area contributed by atoms with Crippen molar-refractivity contribution in [2.24, 2.45) is 4.99 Å². The second-order valence-electron chi connectivity index (χ2n) is 3.41. The molecule has 0 radical (unpaired) electrons. The van der Waals surface area contributed by atoms with Gasteiger partial charge in [0.1, 0.15) is 11.4 Å². The second-order valence-corrected chi connectivity index (χ2v) is 3.41. The molecule has 1 aromatic heterocycles. The number of nitrogens with zero attached hydrogens (tertiary/aromatic N) is 1. The van der Waals surface area contributed by atoms with Crippen LogP contribution in [0.15, 0.2) is 38.8 Å². The van der Waals surface area contributed by atoms with E-state index in [-0.39, 0.29) is 11.3 Å². The fourth-order valence-electron chi connectivity index (χ4n) is 1.30. The summed E-state index contributed by atoms with van der Waals surface area (Å²) >= 11 is 0. The Hall–Kier alpha value is -2.70. The fourth-order valence-corrected chi connectivity index (χ4v) is 1.30. The van der Waals surface area contributed by atoms with Crippen LogP contribution in [0.3, 0.4) is 0 Å². The van der Waals surface area contributed by atoms with Crippen LogP contribution >= 0.6 is 0 Å². The summed E-state index contributed by atoms with van der Waals surface area (Å²) in [6.45, 7) is 0. The summed E-state index contributed by atoms with van der Waals surface area (Å²) in [6, 6.07) is 5.40. The largest absolute Gasteiger partial charge is 0.494 e. The third kappa shape index (κ3) is 2.51. The Morgan fingerprint density at radius 1 is 1.28 bits per heavy atom. The number of benzene rings is 1. The molecular formula is C11H8FN3O3. The van der Waals surface area contributed by atoms with E-state index in [1.54, 1.807) is 0 Å². The van der Waals surface area contributed by atoms with Gasteiger partial charge >= 0.3 is 5.69 Å². The Morgan fingerprint density at radius 2 is 2.06 bits per heavy atom. The van der Waals surface area contributed by atoms with Crippen molar-refractivity contribution in [2.75, 3.05) is 0 Å². The topological polar surface area (TPSA) is 98.3 Å². The SMILES string of the molecule is O=c1[nH]c(O)c(C=Nc2cccc(F)c2)c(=O)[nH]1. The maximum atomic E-state index is 12.9. The zero-order valence-electron chi connectivity index (χ0n) is 8.98. The number of aromatic nitrogens is 2. The summed E-state index contributed by atoms with van der Waals surface area (Å²) in [5, 5.41) is 9.36. The molecule has 0 bridgehead atoms. The molecule has 1 aromatic carbocycles. The summed E-state index contributed by atoms with van der Waals surface area (Å²) in [6.07, 6.45) is 1.04. The lowest BCUT2D eigenvalue weighted by atomic mass is 10.3. The number of aromatic amines is 2. The molecule has 2 aromatic rings. The van der Waals surface area contributed by atoms with Crippen LogP contribution < -0.4 is 11.2 Å². The molecule has 0 amide bonds. The van der Waals surface area contributed by atoms with E-state index in [4.69, 9.17) is 0 Å². The minimum atomic E-state index is -0.819. The van der Waals surface area contributed by atoms with Gasteiger partial charge in [-0.15, -0.1) is 0 Å². The molecule has 7 heteroatoms. The van der Waals surface area contributed by atoms with Gasteiger partial charge in [-0.3, -0.25) is 19.8 Å². The lowest BCUT2D eigenvalue weighted by molar-refractivity contribution is 0.447. The van der Waals surface area contributed by atoms with E-state index in [1.165, 1.54) is 18.2 Å². The van der Waals surface area contributed by atoms with Gasteiger partial charge in [-0.25, -0.2) is 9.18 Å². The molecule has 0 spiro atoms. The molecule has 0 atom stereocenters. The van der Waals surface area contributed by atoms with E-state index in [0.717, 1.165) is 12.3 Å². The van der Waals surface area contributed by atoms with E-state index in [0.29, 0.717) is 0 Å². The predicted molar refractivity (Wildman–Crippen MR) is 63.0 cm³/mol. The van der Waals surface area contributed by atoms with Crippen LogP contribution in [-0.2, 0) is 0 Å². The molecule has 92 valence electrons. The molecule has 18 heavy (non-hydrogen) atoms. The van der Waals surface area contributed by atoms with Crippen LogP contribution in [0.2, 0.25) is 0 Å². The normalized spacial score (nSPS) is 10.9. The Morgan fingerprint density at radius 3 is 2.72 bits per heavy atom. The van der Waals surface area contributed by atoms with E-state index < -0.39 is 22.9 Å². The molecule has 3 N–H and O–H groups in total. The van der Waals surface area contributed by atoms with Crippen molar-refractivity contribution in [2.45, 2.75) is 0 Å². The van der Waals surface area contributed by atoms with Crippen LogP contribution in [0.4, 0.5) is 10.1 Å². The molecule has 0 fully saturated rings. The van der Waals surface area contributed by atoms with Crippen LogP contribution in [-0.4, -0.2) is 21.3 Å². The van der Waals surface area contributed by atoms with Crippen molar-refractivity contribution in [1.29, 1.82) is 0 Å². The number of aliphatic imine (C=N–C) groups is 1. The van der Waals surface area contributed by atoms with E-state index in [9.17, 15) is 19.1 Å². The Kier molecular flexibility index (Phi) is 3.05. The average Bonchev–Trinajstić information content (AvgIpc) is 2.27. The maximum absolute atomic E-state index is 12.9. The van der Waals surface area contributed by atoms with Crippen LogP contribution in [0.25, 0.3) is 0 Å². The average molecular weight is 249 g/mol. The molecule has 2 rings (SSSR count). The first-order chi connectivity index (χ1) is 8.56. The number of nitrogens with one attached hydrogen (secondary N) is 2. The first kappa shape index (κ1) is 11.8. The molecule has 0 saturated heterocycles. The van der Waals surface area contributed by atoms with E-state index in [1.807, 2.05) is 9.97 Å². The Balaban J connectivity index is 2.41. The number of H-pyrrole nitrogens is 2. The van der Waals surface area contributed by atoms with Crippen molar-refractivity contribution >= 4 is 11.9 Å². The molecule has 0 unspecified atom stereocenters. The highest BCUT2D eigenvalue weighted by molar-refractivity contribution is 5.83. The number of hydrogen-bond donors (Lipinski definition) is 3. The molecule has 6 nitrogen and oxygen atoms in total. The quantitative estimate of drug-likeness (QED) is 0.682. The Bertz CT molecular complexity index is 718. The molecule has 0 aliphatic heterocycles. The van der Waals surface area contributed by atoms with Gasteiger partial charge in [-0.05, 0) is 18.2 Å². The maximum Gasteiger partial charge on any atom is 0.328 e. The minimum absolute atomic E-state index is 0.209. The molecule has 0 aliphatic rings. The highest BCUT2D eigenvalue weighted by Gasteiger charge is 2.05. The number of halogens is 1. The standard InChI is InChI=1S/C11H8FN3O3/c12-6-2-1-3-7(4-6)13-5-8-9(16)14-11(18)15-10(8)17/h1-5H,(H3,14,15,16,17,18).